The van der Waals surface area contributed by atoms with Crippen molar-refractivity contribution in [3.05, 3.63) is 0 Å². The van der Waals surface area contributed by atoms with Gasteiger partial charge in [-0.3, -0.25) is 4.79 Å². The summed E-state index contributed by atoms with van der Waals surface area (Å²) in [7, 11) is 0. The number of urea groups is 1. The molecule has 0 bridgehead atoms. The lowest BCUT2D eigenvalue weighted by atomic mass is 10.3. The Morgan fingerprint density at radius 1 is 1.46 bits per heavy atom. The molecule has 0 saturated carbocycles. The van der Waals surface area contributed by atoms with Gasteiger partial charge < -0.3 is 21.1 Å². The number of hydrogen-bond donors (Lipinski definition) is 2. The predicted octanol–water partition coefficient (Wildman–Crippen LogP) is -1.36. The smallest absolute Gasteiger partial charge is 0.314 e. The van der Waals surface area contributed by atoms with Gasteiger partial charge in [-0.05, 0) is 6.42 Å². The number of carbonyl (C=O) groups is 2. The summed E-state index contributed by atoms with van der Waals surface area (Å²) in [6.45, 7) is 0.929. The summed E-state index contributed by atoms with van der Waals surface area (Å²) in [6, 6.07) is -0.454. The number of nitrogens with zero attached hydrogens (tertiary/aromatic N) is 1. The molecule has 0 aromatic heterocycles. The Morgan fingerprint density at radius 3 is 2.62 bits per heavy atom. The van der Waals surface area contributed by atoms with Crippen LogP contribution in [0.4, 0.5) is 4.79 Å². The number of rotatable bonds is 3. The highest BCUT2D eigenvalue weighted by atomic mass is 16.5. The monoisotopic (exact) mass is 187 g/mol. The van der Waals surface area contributed by atoms with Crippen molar-refractivity contribution in [3.8, 4) is 0 Å². The molecule has 0 spiro atoms. The van der Waals surface area contributed by atoms with Gasteiger partial charge in [-0.2, -0.15) is 0 Å². The molecule has 4 N–H and O–H groups in total. The van der Waals surface area contributed by atoms with Gasteiger partial charge in [0.1, 0.15) is 6.61 Å². The van der Waals surface area contributed by atoms with Crippen LogP contribution in [0.5, 0.6) is 0 Å². The van der Waals surface area contributed by atoms with Gasteiger partial charge in [0, 0.05) is 13.1 Å². The molecule has 3 amide bonds. The summed E-state index contributed by atoms with van der Waals surface area (Å²) in [5.74, 6) is -0.502. The Balaban J connectivity index is 2.25. The first-order chi connectivity index (χ1) is 6.09. The van der Waals surface area contributed by atoms with Crippen LogP contribution in [0, 0.1) is 0 Å². The van der Waals surface area contributed by atoms with Gasteiger partial charge in [0.25, 0.3) is 0 Å². The summed E-state index contributed by atoms with van der Waals surface area (Å²) < 4.78 is 5.12. The fraction of sp³-hybridized carbons (Fsp3) is 0.714. The van der Waals surface area contributed by atoms with Crippen LogP contribution in [0.1, 0.15) is 6.42 Å². The maximum atomic E-state index is 10.7. The number of primary amides is 2. The van der Waals surface area contributed by atoms with Gasteiger partial charge >= 0.3 is 6.03 Å². The van der Waals surface area contributed by atoms with Crippen molar-refractivity contribution in [2.24, 2.45) is 11.5 Å². The highest BCUT2D eigenvalue weighted by Gasteiger charge is 2.25. The molecular weight excluding hydrogens is 174 g/mol. The molecule has 0 aliphatic carbocycles. The normalized spacial score (nSPS) is 21.8. The van der Waals surface area contributed by atoms with E-state index in [1.807, 2.05) is 0 Å². The first-order valence-electron chi connectivity index (χ1n) is 4.04. The third kappa shape index (κ3) is 2.90. The third-order valence-electron chi connectivity index (χ3n) is 1.92. The molecule has 0 radical (unpaired) electrons. The van der Waals surface area contributed by atoms with E-state index in [-0.39, 0.29) is 12.7 Å². The summed E-state index contributed by atoms with van der Waals surface area (Å²) in [6.07, 6.45) is 0.593. The molecule has 74 valence electrons. The van der Waals surface area contributed by atoms with Crippen molar-refractivity contribution in [1.29, 1.82) is 0 Å². The van der Waals surface area contributed by atoms with E-state index < -0.39 is 11.9 Å². The Hall–Kier alpha value is -1.30. The molecule has 6 heteroatoms. The van der Waals surface area contributed by atoms with Gasteiger partial charge in [-0.1, -0.05) is 0 Å². The Labute approximate surface area is 75.8 Å². The molecule has 1 unspecified atom stereocenters. The van der Waals surface area contributed by atoms with Gasteiger partial charge in [0.05, 0.1) is 6.10 Å². The fourth-order valence-electron chi connectivity index (χ4n) is 1.26. The molecule has 1 fully saturated rings. The predicted molar refractivity (Wildman–Crippen MR) is 44.7 cm³/mol. The van der Waals surface area contributed by atoms with Crippen LogP contribution in [-0.4, -0.2) is 42.6 Å². The largest absolute Gasteiger partial charge is 0.368 e. The number of amides is 3. The standard InChI is InChI=1S/C7H13N3O3/c8-6(11)4-13-5-1-2-10(3-5)7(9)12/h5H,1-4H2,(H2,8,11)(H2,9,12). The van der Waals surface area contributed by atoms with Crippen LogP contribution in [0.2, 0.25) is 0 Å². The van der Waals surface area contributed by atoms with Crippen molar-refractivity contribution in [1.82, 2.24) is 4.90 Å². The lowest BCUT2D eigenvalue weighted by Crippen LogP contribution is -2.35. The summed E-state index contributed by atoms with van der Waals surface area (Å²) in [5.41, 5.74) is 9.95. The van der Waals surface area contributed by atoms with Gasteiger partial charge in [-0.25, -0.2) is 4.79 Å². The average Bonchev–Trinajstić information content (AvgIpc) is 2.48. The highest BCUT2D eigenvalue weighted by molar-refractivity contribution is 5.75. The summed E-state index contributed by atoms with van der Waals surface area (Å²) >= 11 is 0. The number of carbonyl (C=O) groups excluding carboxylic acids is 2. The molecule has 0 aromatic carbocycles. The van der Waals surface area contributed by atoms with Gasteiger partial charge in [-0.15, -0.1) is 0 Å². The molecule has 1 rings (SSSR count). The molecule has 1 aliphatic rings. The van der Waals surface area contributed by atoms with E-state index in [4.69, 9.17) is 16.2 Å². The van der Waals surface area contributed by atoms with E-state index in [0.29, 0.717) is 19.5 Å². The number of likely N-dealkylation sites (tertiary alicyclic amines) is 1. The second-order valence-electron chi connectivity index (χ2n) is 2.97. The molecule has 6 nitrogen and oxygen atoms in total. The molecule has 1 aliphatic heterocycles. The second kappa shape index (κ2) is 4.08. The minimum atomic E-state index is -0.502. The van der Waals surface area contributed by atoms with Gasteiger partial charge in [0.15, 0.2) is 0 Å². The molecule has 1 saturated heterocycles. The molecule has 0 aromatic rings. The lowest BCUT2D eigenvalue weighted by molar-refractivity contribution is -0.124. The van der Waals surface area contributed by atoms with Crippen LogP contribution >= 0.6 is 0 Å². The van der Waals surface area contributed by atoms with Crippen LogP contribution in [0.25, 0.3) is 0 Å². The van der Waals surface area contributed by atoms with E-state index in [1.165, 1.54) is 4.90 Å². The van der Waals surface area contributed by atoms with Crippen LogP contribution in [0.3, 0.4) is 0 Å². The fourth-order valence-corrected chi connectivity index (χ4v) is 1.26. The van der Waals surface area contributed by atoms with Crippen molar-refractivity contribution in [2.75, 3.05) is 19.7 Å². The SMILES string of the molecule is NC(=O)COC1CCN(C(N)=O)C1. The first-order valence-corrected chi connectivity index (χ1v) is 4.04. The van der Waals surface area contributed by atoms with Crippen molar-refractivity contribution in [3.63, 3.8) is 0 Å². The molecule has 1 atom stereocenters. The zero-order chi connectivity index (χ0) is 9.84. The van der Waals surface area contributed by atoms with Crippen molar-refractivity contribution in [2.45, 2.75) is 12.5 Å². The lowest BCUT2D eigenvalue weighted by Gasteiger charge is -2.12. The van der Waals surface area contributed by atoms with E-state index in [0.717, 1.165) is 0 Å². The van der Waals surface area contributed by atoms with Crippen LogP contribution in [0.15, 0.2) is 0 Å². The Morgan fingerprint density at radius 2 is 2.15 bits per heavy atom. The van der Waals surface area contributed by atoms with Crippen molar-refractivity contribution < 1.29 is 14.3 Å². The number of ether oxygens (including phenoxy) is 1. The Kier molecular flexibility index (Phi) is 3.07. The van der Waals surface area contributed by atoms with Crippen molar-refractivity contribution >= 4 is 11.9 Å². The maximum absolute atomic E-state index is 10.7. The Bertz CT molecular complexity index is 219. The highest BCUT2D eigenvalue weighted by Crippen LogP contribution is 2.11. The summed E-state index contributed by atoms with van der Waals surface area (Å²) in [4.78, 5) is 22.5. The zero-order valence-corrected chi connectivity index (χ0v) is 7.23. The topological polar surface area (TPSA) is 98.7 Å². The number of hydrogen-bond acceptors (Lipinski definition) is 3. The maximum Gasteiger partial charge on any atom is 0.314 e. The quantitative estimate of drug-likeness (QED) is 0.570. The average molecular weight is 187 g/mol. The van der Waals surface area contributed by atoms with E-state index in [2.05, 4.69) is 0 Å². The van der Waals surface area contributed by atoms with E-state index in [1.54, 1.807) is 0 Å². The molecule has 13 heavy (non-hydrogen) atoms. The minimum absolute atomic E-state index is 0.0999. The third-order valence-corrected chi connectivity index (χ3v) is 1.92. The molecule has 1 heterocycles. The zero-order valence-electron chi connectivity index (χ0n) is 7.23. The van der Waals surface area contributed by atoms with E-state index in [9.17, 15) is 9.59 Å². The minimum Gasteiger partial charge on any atom is -0.368 e. The van der Waals surface area contributed by atoms with E-state index >= 15 is 0 Å². The number of nitrogens with two attached hydrogens (primary N) is 2. The molecular formula is C7H13N3O3. The van der Waals surface area contributed by atoms with Gasteiger partial charge in [0.2, 0.25) is 5.91 Å². The second-order valence-corrected chi connectivity index (χ2v) is 2.97. The van der Waals surface area contributed by atoms with Crippen LogP contribution in [-0.2, 0) is 9.53 Å². The van der Waals surface area contributed by atoms with Crippen LogP contribution < -0.4 is 11.5 Å². The summed E-state index contributed by atoms with van der Waals surface area (Å²) in [5, 5.41) is 0. The first kappa shape index (κ1) is 9.79.